The first-order valence-corrected chi connectivity index (χ1v) is 12.7. The van der Waals surface area contributed by atoms with Gasteiger partial charge in [0.25, 0.3) is 5.91 Å². The highest BCUT2D eigenvalue weighted by atomic mass is 19.4. The van der Waals surface area contributed by atoms with Crippen LogP contribution in [0.25, 0.3) is 0 Å². The molecule has 0 aliphatic carbocycles. The van der Waals surface area contributed by atoms with Crippen LogP contribution in [0.4, 0.5) is 30.6 Å². The van der Waals surface area contributed by atoms with Gasteiger partial charge in [0.1, 0.15) is 17.6 Å². The van der Waals surface area contributed by atoms with Gasteiger partial charge in [-0.15, -0.1) is 0 Å². The van der Waals surface area contributed by atoms with Crippen LogP contribution < -0.4 is 10.6 Å². The third-order valence-corrected chi connectivity index (χ3v) is 6.62. The fourth-order valence-corrected chi connectivity index (χ4v) is 4.42. The summed E-state index contributed by atoms with van der Waals surface area (Å²) in [5.41, 5.74) is 0.390. The Hall–Kier alpha value is -3.61. The number of nitrogens with zero attached hydrogens (tertiary/aromatic N) is 6. The van der Waals surface area contributed by atoms with Gasteiger partial charge in [0.15, 0.2) is 0 Å². The highest BCUT2D eigenvalue weighted by Gasteiger charge is 2.35. The maximum absolute atomic E-state index is 13.6. The highest BCUT2D eigenvalue weighted by molar-refractivity contribution is 5.88. The summed E-state index contributed by atoms with van der Waals surface area (Å²) in [5, 5.41) is 10.4. The molecule has 206 valence electrons. The molecule has 2 aliphatic heterocycles. The molecule has 0 radical (unpaired) electrons. The van der Waals surface area contributed by atoms with Crippen LogP contribution in [0, 0.1) is 6.92 Å². The topological polar surface area (TPSA) is 100 Å². The summed E-state index contributed by atoms with van der Waals surface area (Å²) < 4.78 is 47.7. The molecule has 2 aromatic rings. The van der Waals surface area contributed by atoms with Gasteiger partial charge in [-0.25, -0.2) is 4.98 Å². The van der Waals surface area contributed by atoms with Crippen LogP contribution in [0.5, 0.6) is 0 Å². The molecule has 2 aromatic heterocycles. The number of likely N-dealkylation sites (tertiary alicyclic amines) is 1. The summed E-state index contributed by atoms with van der Waals surface area (Å²) >= 11 is 0. The predicted octanol–water partition coefficient (Wildman–Crippen LogP) is 4.43. The second kappa shape index (κ2) is 11.8. The summed E-state index contributed by atoms with van der Waals surface area (Å²) in [5.74, 6) is -0.572. The van der Waals surface area contributed by atoms with Crippen LogP contribution >= 0.6 is 0 Å². The number of hydrogen-bond donors (Lipinski definition) is 2. The van der Waals surface area contributed by atoms with Crippen LogP contribution in [0.2, 0.25) is 0 Å². The summed E-state index contributed by atoms with van der Waals surface area (Å²) in [7, 11) is 0. The van der Waals surface area contributed by atoms with Crippen LogP contribution in [-0.4, -0.2) is 67.7 Å². The Labute approximate surface area is 219 Å². The molecule has 0 aromatic carbocycles. The van der Waals surface area contributed by atoms with E-state index >= 15 is 0 Å². The average molecular weight is 535 g/mol. The van der Waals surface area contributed by atoms with Gasteiger partial charge in [-0.05, 0) is 40.0 Å². The van der Waals surface area contributed by atoms with Gasteiger partial charge in [-0.2, -0.15) is 23.3 Å². The van der Waals surface area contributed by atoms with E-state index in [4.69, 9.17) is 4.74 Å². The van der Waals surface area contributed by atoms with E-state index in [1.165, 1.54) is 29.7 Å². The van der Waals surface area contributed by atoms with Gasteiger partial charge in [0, 0.05) is 56.9 Å². The Kier molecular flexibility index (Phi) is 8.55. The van der Waals surface area contributed by atoms with Crippen molar-refractivity contribution < 1.29 is 22.7 Å². The minimum absolute atomic E-state index is 0.0330. The lowest BCUT2D eigenvalue weighted by atomic mass is 10.0. The van der Waals surface area contributed by atoms with Gasteiger partial charge >= 0.3 is 6.18 Å². The zero-order valence-corrected chi connectivity index (χ0v) is 21.7. The highest BCUT2D eigenvalue weighted by Crippen LogP contribution is 2.34. The van der Waals surface area contributed by atoms with E-state index in [1.807, 2.05) is 17.8 Å². The van der Waals surface area contributed by atoms with Crippen molar-refractivity contribution in [3.8, 4) is 0 Å². The van der Waals surface area contributed by atoms with E-state index in [-0.39, 0.29) is 30.3 Å². The van der Waals surface area contributed by atoms with Crippen molar-refractivity contribution in [3.63, 3.8) is 0 Å². The van der Waals surface area contributed by atoms with E-state index in [0.717, 1.165) is 32.1 Å². The lowest BCUT2D eigenvalue weighted by Crippen LogP contribution is -2.39. The maximum Gasteiger partial charge on any atom is 0.421 e. The fourth-order valence-electron chi connectivity index (χ4n) is 4.42. The van der Waals surface area contributed by atoms with Crippen molar-refractivity contribution in [2.24, 2.45) is 0 Å². The maximum atomic E-state index is 13.6. The number of hydrogen-bond acceptors (Lipinski definition) is 8. The normalized spacial score (nSPS) is 17.1. The van der Waals surface area contributed by atoms with Crippen LogP contribution in [0.1, 0.15) is 50.4 Å². The number of alkyl halides is 3. The van der Waals surface area contributed by atoms with Crippen molar-refractivity contribution in [1.29, 1.82) is 0 Å². The summed E-state index contributed by atoms with van der Waals surface area (Å²) in [6, 6.07) is 0.769. The first-order chi connectivity index (χ1) is 18.1. The van der Waals surface area contributed by atoms with Crippen molar-refractivity contribution >= 4 is 23.4 Å². The summed E-state index contributed by atoms with van der Waals surface area (Å²) in [6.07, 6.45) is 5.72. The standard InChI is InChI=1S/C25H33F3N8O2/c1-17(2)34-10-5-19(6-11-34)36-16-21(18(3)33-36)31-24-30-15-20(25(26,27)28)23(32-24)29-8-4-9-35-12-14-38-13-7-22(35)37/h7,12-17,19H,4-6,8-11H2,1-3H3,(H2,29,30,31,32). The van der Waals surface area contributed by atoms with E-state index in [9.17, 15) is 18.0 Å². The second-order valence-corrected chi connectivity index (χ2v) is 9.58. The van der Waals surface area contributed by atoms with E-state index in [0.29, 0.717) is 30.4 Å². The van der Waals surface area contributed by atoms with Gasteiger partial charge in [-0.3, -0.25) is 9.48 Å². The number of rotatable bonds is 9. The number of amides is 1. The molecule has 0 spiro atoms. The zero-order chi connectivity index (χ0) is 27.3. The lowest BCUT2D eigenvalue weighted by molar-refractivity contribution is -0.137. The SMILES string of the molecule is Cc1nn(C2CCN(C(C)C)CC2)cc1Nc1ncc(C(F)(F)F)c(NCCCN2C=COC=CC2=O)n1. The first kappa shape index (κ1) is 27.4. The molecular formula is C25H33F3N8O2. The Morgan fingerprint density at radius 3 is 2.68 bits per heavy atom. The average Bonchev–Trinajstić information content (AvgIpc) is 3.10. The van der Waals surface area contributed by atoms with Crippen LogP contribution in [-0.2, 0) is 15.7 Å². The van der Waals surface area contributed by atoms with Crippen molar-refractivity contribution in [1.82, 2.24) is 29.5 Å². The first-order valence-electron chi connectivity index (χ1n) is 12.7. The van der Waals surface area contributed by atoms with E-state index in [2.05, 4.69) is 44.4 Å². The molecule has 4 rings (SSSR count). The second-order valence-electron chi connectivity index (χ2n) is 9.58. The molecule has 0 unspecified atom stereocenters. The van der Waals surface area contributed by atoms with Gasteiger partial charge < -0.3 is 25.2 Å². The smallest absolute Gasteiger partial charge is 0.421 e. The molecule has 38 heavy (non-hydrogen) atoms. The number of halogens is 3. The molecule has 2 aliphatic rings. The molecule has 13 heteroatoms. The van der Waals surface area contributed by atoms with Gasteiger partial charge in [-0.1, -0.05) is 0 Å². The number of ether oxygens (including phenoxy) is 1. The fraction of sp³-hybridized carbons (Fsp3) is 0.520. The Morgan fingerprint density at radius 2 is 1.97 bits per heavy atom. The third kappa shape index (κ3) is 6.82. The minimum atomic E-state index is -4.63. The molecule has 1 amide bonds. The van der Waals surface area contributed by atoms with Crippen molar-refractivity contribution in [2.75, 3.05) is 36.8 Å². The molecule has 0 saturated carbocycles. The molecular weight excluding hydrogens is 501 g/mol. The largest absolute Gasteiger partial charge is 0.471 e. The lowest BCUT2D eigenvalue weighted by Gasteiger charge is -2.34. The van der Waals surface area contributed by atoms with E-state index in [1.54, 1.807) is 0 Å². The summed E-state index contributed by atoms with van der Waals surface area (Å²) in [4.78, 5) is 23.8. The number of aryl methyl sites for hydroxylation is 1. The number of carbonyl (C=O) groups is 1. The Morgan fingerprint density at radius 1 is 1.21 bits per heavy atom. The molecule has 10 nitrogen and oxygen atoms in total. The van der Waals surface area contributed by atoms with Gasteiger partial charge in [0.05, 0.1) is 23.7 Å². The number of anilines is 3. The minimum Gasteiger partial charge on any atom is -0.471 e. The quantitative estimate of drug-likeness (QED) is 0.456. The van der Waals surface area contributed by atoms with E-state index < -0.39 is 11.7 Å². The monoisotopic (exact) mass is 534 g/mol. The third-order valence-electron chi connectivity index (χ3n) is 6.62. The molecule has 0 atom stereocenters. The number of aromatic nitrogens is 4. The number of nitrogens with one attached hydrogen (secondary N) is 2. The molecule has 1 fully saturated rings. The molecule has 0 bridgehead atoms. The molecule has 2 N–H and O–H groups in total. The van der Waals surface area contributed by atoms with Crippen LogP contribution in [0.3, 0.4) is 0 Å². The van der Waals surface area contributed by atoms with Crippen molar-refractivity contribution in [2.45, 2.75) is 58.3 Å². The zero-order valence-electron chi connectivity index (χ0n) is 21.7. The number of carbonyl (C=O) groups excluding carboxylic acids is 1. The van der Waals surface area contributed by atoms with Crippen molar-refractivity contribution in [3.05, 3.63) is 48.5 Å². The van der Waals surface area contributed by atoms with Gasteiger partial charge in [0.2, 0.25) is 5.95 Å². The summed E-state index contributed by atoms with van der Waals surface area (Å²) in [6.45, 7) is 8.66. The molecule has 4 heterocycles. The molecule has 1 saturated heterocycles. The predicted molar refractivity (Wildman–Crippen MR) is 136 cm³/mol. The number of piperidine rings is 1. The van der Waals surface area contributed by atoms with Crippen LogP contribution in [0.15, 0.2) is 37.2 Å². The Balaban J connectivity index is 1.41. The Bertz CT molecular complexity index is 1170.